The molecule has 8 nitrogen and oxygen atoms in total. The Kier molecular flexibility index (Phi) is 5.58. The van der Waals surface area contributed by atoms with E-state index in [0.717, 1.165) is 11.3 Å². The van der Waals surface area contributed by atoms with Crippen LogP contribution in [-0.4, -0.2) is 43.7 Å². The van der Waals surface area contributed by atoms with Crippen LogP contribution in [0.2, 0.25) is 0 Å². The summed E-state index contributed by atoms with van der Waals surface area (Å²) in [5.74, 6) is -0.889. The summed E-state index contributed by atoms with van der Waals surface area (Å²) in [6.07, 6.45) is 3.15. The Hall–Kier alpha value is -2.77. The predicted molar refractivity (Wildman–Crippen MR) is 77.4 cm³/mol. The average molecular weight is 303 g/mol. The number of rotatable bonds is 8. The number of aliphatic carboxylic acids is 1. The van der Waals surface area contributed by atoms with Crippen molar-refractivity contribution in [3.63, 3.8) is 0 Å². The Morgan fingerprint density at radius 1 is 1.18 bits per heavy atom. The van der Waals surface area contributed by atoms with E-state index in [9.17, 15) is 9.59 Å². The highest BCUT2D eigenvalue weighted by Crippen LogP contribution is 2.08. The van der Waals surface area contributed by atoms with E-state index in [4.69, 9.17) is 5.11 Å². The first-order valence-electron chi connectivity index (χ1n) is 6.96. The third-order valence-electron chi connectivity index (χ3n) is 3.05. The average Bonchev–Trinajstić information content (AvgIpc) is 3.01. The molecule has 0 saturated carbocycles. The lowest BCUT2D eigenvalue weighted by atomic mass is 10.1. The van der Waals surface area contributed by atoms with Crippen LogP contribution in [-0.2, 0) is 16.0 Å². The predicted octanol–water partition coefficient (Wildman–Crippen LogP) is 0.576. The van der Waals surface area contributed by atoms with E-state index >= 15 is 0 Å². The van der Waals surface area contributed by atoms with E-state index in [1.807, 2.05) is 24.3 Å². The van der Waals surface area contributed by atoms with Gasteiger partial charge in [-0.05, 0) is 41.0 Å². The molecular formula is C14H17N5O3. The van der Waals surface area contributed by atoms with Gasteiger partial charge in [0.2, 0.25) is 5.91 Å². The van der Waals surface area contributed by atoms with Gasteiger partial charge >= 0.3 is 5.97 Å². The fourth-order valence-corrected chi connectivity index (χ4v) is 1.92. The first-order chi connectivity index (χ1) is 10.6. The van der Waals surface area contributed by atoms with Gasteiger partial charge in [-0.1, -0.05) is 12.1 Å². The van der Waals surface area contributed by atoms with Crippen molar-refractivity contribution in [3.05, 3.63) is 36.2 Å². The Balaban J connectivity index is 1.74. The number of nitrogens with one attached hydrogen (secondary N) is 1. The number of aromatic nitrogens is 4. The summed E-state index contributed by atoms with van der Waals surface area (Å²) in [6, 6.07) is 7.37. The van der Waals surface area contributed by atoms with Crippen molar-refractivity contribution in [2.24, 2.45) is 0 Å². The van der Waals surface area contributed by atoms with E-state index in [1.165, 1.54) is 11.0 Å². The lowest BCUT2D eigenvalue weighted by molar-refractivity contribution is -0.137. The van der Waals surface area contributed by atoms with Gasteiger partial charge in [0.25, 0.3) is 0 Å². The van der Waals surface area contributed by atoms with Crippen molar-refractivity contribution < 1.29 is 14.7 Å². The molecule has 0 saturated heterocycles. The number of nitrogens with zero attached hydrogens (tertiary/aromatic N) is 4. The molecule has 116 valence electrons. The number of hydrogen-bond acceptors (Lipinski definition) is 5. The highest BCUT2D eigenvalue weighted by molar-refractivity contribution is 5.78. The zero-order valence-electron chi connectivity index (χ0n) is 12.0. The molecule has 0 radical (unpaired) electrons. The van der Waals surface area contributed by atoms with Crippen molar-refractivity contribution in [1.29, 1.82) is 0 Å². The van der Waals surface area contributed by atoms with Crippen LogP contribution in [0.25, 0.3) is 5.69 Å². The fraction of sp³-hybridized carbons (Fsp3) is 0.357. The van der Waals surface area contributed by atoms with Crippen molar-refractivity contribution in [2.75, 3.05) is 6.54 Å². The van der Waals surface area contributed by atoms with Gasteiger partial charge in [0.1, 0.15) is 6.33 Å². The van der Waals surface area contributed by atoms with Gasteiger partial charge in [0, 0.05) is 13.0 Å². The number of carbonyl (C=O) groups is 2. The maximum absolute atomic E-state index is 11.8. The molecule has 2 aromatic rings. The van der Waals surface area contributed by atoms with Gasteiger partial charge in [-0.25, -0.2) is 4.68 Å². The van der Waals surface area contributed by atoms with Crippen LogP contribution in [0.4, 0.5) is 0 Å². The zero-order valence-corrected chi connectivity index (χ0v) is 12.0. The number of carboxylic acid groups (broad SMARTS) is 1. The SMILES string of the molecule is O=C(O)CCCCNC(=O)Cc1ccc(-n2cnnn2)cc1. The number of tetrazole rings is 1. The zero-order chi connectivity index (χ0) is 15.8. The van der Waals surface area contributed by atoms with E-state index in [2.05, 4.69) is 20.8 Å². The second kappa shape index (κ2) is 7.87. The van der Waals surface area contributed by atoms with Crippen molar-refractivity contribution in [3.8, 4) is 5.69 Å². The second-order valence-electron chi connectivity index (χ2n) is 4.80. The molecule has 0 aliphatic heterocycles. The maximum Gasteiger partial charge on any atom is 0.303 e. The molecule has 0 bridgehead atoms. The summed E-state index contributed by atoms with van der Waals surface area (Å²) in [5, 5.41) is 22.2. The first kappa shape index (κ1) is 15.6. The van der Waals surface area contributed by atoms with Crippen LogP contribution >= 0.6 is 0 Å². The summed E-state index contributed by atoms with van der Waals surface area (Å²) in [4.78, 5) is 22.1. The Labute approximate surface area is 127 Å². The molecule has 0 unspecified atom stereocenters. The molecule has 0 aliphatic rings. The van der Waals surface area contributed by atoms with Gasteiger partial charge in [-0.15, -0.1) is 5.10 Å². The molecule has 1 amide bonds. The standard InChI is InChI=1S/C14H17N5O3/c20-13(15-8-2-1-3-14(21)22)9-11-4-6-12(7-5-11)19-10-16-17-18-19/h4-7,10H,1-3,8-9H2,(H,15,20)(H,21,22). The smallest absolute Gasteiger partial charge is 0.303 e. The quantitative estimate of drug-likeness (QED) is 0.690. The first-order valence-corrected chi connectivity index (χ1v) is 6.96. The van der Waals surface area contributed by atoms with Crippen LogP contribution in [0.1, 0.15) is 24.8 Å². The Morgan fingerprint density at radius 3 is 2.59 bits per heavy atom. The number of carboxylic acids is 1. The van der Waals surface area contributed by atoms with Gasteiger partial charge in [-0.3, -0.25) is 9.59 Å². The van der Waals surface area contributed by atoms with Crippen LogP contribution in [0, 0.1) is 0 Å². The third kappa shape index (κ3) is 4.97. The van der Waals surface area contributed by atoms with E-state index in [0.29, 0.717) is 19.4 Å². The summed E-state index contributed by atoms with van der Waals surface area (Å²) in [5.41, 5.74) is 1.71. The molecule has 2 rings (SSSR count). The van der Waals surface area contributed by atoms with Crippen molar-refractivity contribution in [1.82, 2.24) is 25.5 Å². The van der Waals surface area contributed by atoms with Gasteiger partial charge in [0.15, 0.2) is 0 Å². The summed E-state index contributed by atoms with van der Waals surface area (Å²) >= 11 is 0. The summed E-state index contributed by atoms with van der Waals surface area (Å²) in [6.45, 7) is 0.495. The third-order valence-corrected chi connectivity index (χ3v) is 3.05. The van der Waals surface area contributed by atoms with Crippen molar-refractivity contribution in [2.45, 2.75) is 25.7 Å². The molecule has 2 N–H and O–H groups in total. The van der Waals surface area contributed by atoms with Crippen LogP contribution in [0.15, 0.2) is 30.6 Å². The summed E-state index contributed by atoms with van der Waals surface area (Å²) < 4.78 is 1.53. The van der Waals surface area contributed by atoms with Crippen molar-refractivity contribution >= 4 is 11.9 Å². The lowest BCUT2D eigenvalue weighted by Gasteiger charge is -2.06. The number of unbranched alkanes of at least 4 members (excludes halogenated alkanes) is 1. The van der Waals surface area contributed by atoms with Crippen LogP contribution in [0.3, 0.4) is 0 Å². The fourth-order valence-electron chi connectivity index (χ4n) is 1.92. The Bertz CT molecular complexity index is 610. The molecule has 0 atom stereocenters. The monoisotopic (exact) mass is 303 g/mol. The molecule has 8 heteroatoms. The van der Waals surface area contributed by atoms with Gasteiger partial charge in [0.05, 0.1) is 12.1 Å². The number of carbonyl (C=O) groups excluding carboxylic acids is 1. The largest absolute Gasteiger partial charge is 0.481 e. The normalized spacial score (nSPS) is 10.4. The van der Waals surface area contributed by atoms with E-state index < -0.39 is 5.97 Å². The lowest BCUT2D eigenvalue weighted by Crippen LogP contribution is -2.26. The minimum atomic E-state index is -0.811. The number of benzene rings is 1. The van der Waals surface area contributed by atoms with Gasteiger partial charge in [-0.2, -0.15) is 0 Å². The molecule has 22 heavy (non-hydrogen) atoms. The molecule has 1 aromatic heterocycles. The molecule has 0 aliphatic carbocycles. The molecule has 0 fully saturated rings. The number of hydrogen-bond donors (Lipinski definition) is 2. The summed E-state index contributed by atoms with van der Waals surface area (Å²) in [7, 11) is 0. The molecular weight excluding hydrogens is 286 g/mol. The molecule has 1 heterocycles. The topological polar surface area (TPSA) is 110 Å². The van der Waals surface area contributed by atoms with Crippen LogP contribution in [0.5, 0.6) is 0 Å². The van der Waals surface area contributed by atoms with Crippen LogP contribution < -0.4 is 5.32 Å². The Morgan fingerprint density at radius 2 is 1.95 bits per heavy atom. The maximum atomic E-state index is 11.8. The molecule has 1 aromatic carbocycles. The number of amides is 1. The van der Waals surface area contributed by atoms with E-state index in [-0.39, 0.29) is 18.7 Å². The highest BCUT2D eigenvalue weighted by Gasteiger charge is 2.04. The second-order valence-corrected chi connectivity index (χ2v) is 4.80. The highest BCUT2D eigenvalue weighted by atomic mass is 16.4. The molecule has 0 spiro atoms. The minimum absolute atomic E-state index is 0.0782. The minimum Gasteiger partial charge on any atom is -0.481 e. The van der Waals surface area contributed by atoms with E-state index in [1.54, 1.807) is 0 Å². The van der Waals surface area contributed by atoms with Gasteiger partial charge < -0.3 is 10.4 Å².